The van der Waals surface area contributed by atoms with Crippen molar-refractivity contribution in [3.63, 3.8) is 0 Å². The van der Waals surface area contributed by atoms with Gasteiger partial charge in [0.05, 0.1) is 5.92 Å². The average molecular weight is 308 g/mol. The average Bonchev–Trinajstić information content (AvgIpc) is 2.35. The number of amides is 2. The molecule has 2 rings (SSSR count). The van der Waals surface area contributed by atoms with Gasteiger partial charge in [0.1, 0.15) is 11.2 Å². The standard InChI is InChI=1S/C16H24N2O4/c1-5-16(21)6-8-17(9-7-16)13(19)12-10-18(11-12)14(20)22-15(2,3)4/h1,12,21H,6-11H2,2-4H3. The summed E-state index contributed by atoms with van der Waals surface area (Å²) >= 11 is 0. The third kappa shape index (κ3) is 3.72. The molecule has 2 saturated heterocycles. The monoisotopic (exact) mass is 308 g/mol. The summed E-state index contributed by atoms with van der Waals surface area (Å²) in [6, 6.07) is 0. The highest BCUT2D eigenvalue weighted by atomic mass is 16.6. The molecule has 0 aromatic heterocycles. The summed E-state index contributed by atoms with van der Waals surface area (Å²) in [4.78, 5) is 27.4. The molecule has 0 atom stereocenters. The number of hydrogen-bond acceptors (Lipinski definition) is 4. The van der Waals surface area contributed by atoms with Crippen molar-refractivity contribution in [1.29, 1.82) is 0 Å². The highest BCUT2D eigenvalue weighted by Crippen LogP contribution is 2.26. The van der Waals surface area contributed by atoms with Crippen molar-refractivity contribution in [2.24, 2.45) is 5.92 Å². The van der Waals surface area contributed by atoms with Crippen molar-refractivity contribution < 1.29 is 19.4 Å². The molecule has 1 N–H and O–H groups in total. The van der Waals surface area contributed by atoms with Gasteiger partial charge in [-0.25, -0.2) is 4.79 Å². The Morgan fingerprint density at radius 3 is 2.23 bits per heavy atom. The molecule has 6 nitrogen and oxygen atoms in total. The summed E-state index contributed by atoms with van der Waals surface area (Å²) in [5.74, 6) is 2.24. The van der Waals surface area contributed by atoms with Crippen LogP contribution in [-0.2, 0) is 9.53 Å². The molecular formula is C16H24N2O4. The van der Waals surface area contributed by atoms with E-state index < -0.39 is 11.2 Å². The number of likely N-dealkylation sites (tertiary alicyclic amines) is 2. The normalized spacial score (nSPS) is 21.8. The maximum absolute atomic E-state index is 12.3. The number of carbonyl (C=O) groups excluding carboxylic acids is 2. The third-order valence-corrected chi connectivity index (χ3v) is 4.05. The van der Waals surface area contributed by atoms with Crippen molar-refractivity contribution in [2.75, 3.05) is 26.2 Å². The van der Waals surface area contributed by atoms with E-state index in [0.717, 1.165) is 0 Å². The first-order chi connectivity index (χ1) is 10.1. The van der Waals surface area contributed by atoms with E-state index in [4.69, 9.17) is 11.2 Å². The molecule has 0 saturated carbocycles. The number of ether oxygens (including phenoxy) is 1. The molecule has 122 valence electrons. The van der Waals surface area contributed by atoms with Crippen LogP contribution in [0.25, 0.3) is 0 Å². The third-order valence-electron chi connectivity index (χ3n) is 4.05. The van der Waals surface area contributed by atoms with Gasteiger partial charge < -0.3 is 19.6 Å². The van der Waals surface area contributed by atoms with Crippen LogP contribution in [0.15, 0.2) is 0 Å². The lowest BCUT2D eigenvalue weighted by atomic mass is 9.90. The van der Waals surface area contributed by atoms with Crippen molar-refractivity contribution in [1.82, 2.24) is 9.80 Å². The number of nitrogens with zero attached hydrogens (tertiary/aromatic N) is 2. The number of carbonyl (C=O) groups is 2. The molecule has 0 spiro atoms. The SMILES string of the molecule is C#CC1(O)CCN(C(=O)C2CN(C(=O)OC(C)(C)C)C2)CC1. The topological polar surface area (TPSA) is 70.1 Å². The predicted molar refractivity (Wildman–Crippen MR) is 80.9 cm³/mol. The van der Waals surface area contributed by atoms with Crippen LogP contribution in [0.2, 0.25) is 0 Å². The van der Waals surface area contributed by atoms with Gasteiger partial charge in [0, 0.05) is 39.0 Å². The summed E-state index contributed by atoms with van der Waals surface area (Å²) in [7, 11) is 0. The van der Waals surface area contributed by atoms with Gasteiger partial charge in [-0.2, -0.15) is 0 Å². The molecule has 2 heterocycles. The second-order valence-corrected chi connectivity index (χ2v) is 7.08. The Morgan fingerprint density at radius 2 is 1.77 bits per heavy atom. The van der Waals surface area contributed by atoms with Crippen LogP contribution in [0.5, 0.6) is 0 Å². The molecule has 2 fully saturated rings. The van der Waals surface area contributed by atoms with Gasteiger partial charge in [-0.05, 0) is 20.8 Å². The van der Waals surface area contributed by atoms with Crippen molar-refractivity contribution in [3.8, 4) is 12.3 Å². The molecule has 0 bridgehead atoms. The van der Waals surface area contributed by atoms with E-state index in [1.165, 1.54) is 4.90 Å². The largest absolute Gasteiger partial charge is 0.444 e. The molecule has 0 aromatic rings. The van der Waals surface area contributed by atoms with Gasteiger partial charge in [-0.15, -0.1) is 6.42 Å². The Labute approximate surface area is 131 Å². The van der Waals surface area contributed by atoms with Crippen molar-refractivity contribution >= 4 is 12.0 Å². The number of rotatable bonds is 1. The van der Waals surface area contributed by atoms with Crippen LogP contribution in [0, 0.1) is 18.3 Å². The Kier molecular flexibility index (Phi) is 4.39. The molecule has 0 unspecified atom stereocenters. The molecule has 2 aliphatic rings. The zero-order valence-electron chi connectivity index (χ0n) is 13.5. The number of hydrogen-bond donors (Lipinski definition) is 1. The smallest absolute Gasteiger partial charge is 0.410 e. The number of aliphatic hydroxyl groups is 1. The zero-order chi connectivity index (χ0) is 16.5. The van der Waals surface area contributed by atoms with Gasteiger partial charge in [0.15, 0.2) is 0 Å². The molecule has 6 heteroatoms. The molecule has 2 amide bonds. The maximum atomic E-state index is 12.3. The van der Waals surface area contributed by atoms with Crippen LogP contribution < -0.4 is 0 Å². The predicted octanol–water partition coefficient (Wildman–Crippen LogP) is 0.840. The Balaban J connectivity index is 1.78. The van der Waals surface area contributed by atoms with Crippen LogP contribution in [0.4, 0.5) is 4.79 Å². The summed E-state index contributed by atoms with van der Waals surface area (Å²) in [5.41, 5.74) is -1.61. The van der Waals surface area contributed by atoms with Gasteiger partial charge in [-0.1, -0.05) is 5.92 Å². The fraction of sp³-hybridized carbons (Fsp3) is 0.750. The van der Waals surface area contributed by atoms with Crippen molar-refractivity contribution in [3.05, 3.63) is 0 Å². The van der Waals surface area contributed by atoms with Gasteiger partial charge in [-0.3, -0.25) is 4.79 Å². The molecule has 0 radical (unpaired) electrons. The lowest BCUT2D eigenvalue weighted by molar-refractivity contribution is -0.143. The summed E-state index contributed by atoms with van der Waals surface area (Å²) in [5, 5.41) is 9.97. The zero-order valence-corrected chi connectivity index (χ0v) is 13.5. The van der Waals surface area contributed by atoms with E-state index in [0.29, 0.717) is 39.0 Å². The second kappa shape index (κ2) is 5.81. The highest BCUT2D eigenvalue weighted by Gasteiger charge is 2.41. The minimum Gasteiger partial charge on any atom is -0.444 e. The first-order valence-electron chi connectivity index (χ1n) is 7.60. The van der Waals surface area contributed by atoms with Gasteiger partial charge in [0.25, 0.3) is 0 Å². The minimum absolute atomic E-state index is 0.0267. The molecule has 0 aliphatic carbocycles. The van der Waals surface area contributed by atoms with Gasteiger partial charge in [0.2, 0.25) is 5.91 Å². The lowest BCUT2D eigenvalue weighted by Crippen LogP contribution is -2.58. The minimum atomic E-state index is -1.08. The first kappa shape index (κ1) is 16.6. The number of terminal acetylenes is 1. The van der Waals surface area contributed by atoms with Crippen LogP contribution in [0.3, 0.4) is 0 Å². The van der Waals surface area contributed by atoms with E-state index in [9.17, 15) is 14.7 Å². The summed E-state index contributed by atoms with van der Waals surface area (Å²) in [6.07, 6.45) is 5.72. The van der Waals surface area contributed by atoms with Crippen molar-refractivity contribution in [2.45, 2.75) is 44.8 Å². The summed E-state index contributed by atoms with van der Waals surface area (Å²) in [6.45, 7) is 7.15. The van der Waals surface area contributed by atoms with E-state index in [1.807, 2.05) is 20.8 Å². The first-order valence-corrected chi connectivity index (χ1v) is 7.60. The fourth-order valence-corrected chi connectivity index (χ4v) is 2.61. The van der Waals surface area contributed by atoms with E-state index in [-0.39, 0.29) is 17.9 Å². The van der Waals surface area contributed by atoms with Crippen LogP contribution in [0.1, 0.15) is 33.6 Å². The van der Waals surface area contributed by atoms with Crippen LogP contribution in [-0.4, -0.2) is 64.3 Å². The quantitative estimate of drug-likeness (QED) is 0.729. The molecule has 2 aliphatic heterocycles. The molecule has 22 heavy (non-hydrogen) atoms. The Hall–Kier alpha value is -1.74. The highest BCUT2D eigenvalue weighted by molar-refractivity contribution is 5.82. The van der Waals surface area contributed by atoms with E-state index >= 15 is 0 Å². The summed E-state index contributed by atoms with van der Waals surface area (Å²) < 4.78 is 5.26. The maximum Gasteiger partial charge on any atom is 0.410 e. The molecular weight excluding hydrogens is 284 g/mol. The lowest BCUT2D eigenvalue weighted by Gasteiger charge is -2.43. The second-order valence-electron chi connectivity index (χ2n) is 7.08. The Bertz CT molecular complexity index is 489. The molecule has 0 aromatic carbocycles. The number of piperidine rings is 1. The van der Waals surface area contributed by atoms with Crippen LogP contribution >= 0.6 is 0 Å². The Morgan fingerprint density at radius 1 is 1.23 bits per heavy atom. The fourth-order valence-electron chi connectivity index (χ4n) is 2.61. The van der Waals surface area contributed by atoms with E-state index in [1.54, 1.807) is 4.90 Å². The van der Waals surface area contributed by atoms with E-state index in [2.05, 4.69) is 5.92 Å². The van der Waals surface area contributed by atoms with Gasteiger partial charge >= 0.3 is 6.09 Å².